The van der Waals surface area contributed by atoms with E-state index in [2.05, 4.69) is 5.32 Å². The highest BCUT2D eigenvalue weighted by molar-refractivity contribution is 5.94. The Morgan fingerprint density at radius 2 is 1.79 bits per heavy atom. The van der Waals surface area contributed by atoms with Gasteiger partial charge in [-0.2, -0.15) is 0 Å². The van der Waals surface area contributed by atoms with Crippen LogP contribution in [-0.2, 0) is 0 Å². The van der Waals surface area contributed by atoms with Crippen LogP contribution in [-0.4, -0.2) is 36.5 Å². The van der Waals surface area contributed by atoms with Gasteiger partial charge in [0.15, 0.2) is 0 Å². The van der Waals surface area contributed by atoms with Gasteiger partial charge in [-0.25, -0.2) is 0 Å². The average Bonchev–Trinajstić information content (AvgIpc) is 3.25. The molecule has 3 heteroatoms. The second-order valence-electron chi connectivity index (χ2n) is 8.03. The maximum absolute atomic E-state index is 12.5. The van der Waals surface area contributed by atoms with Crippen LogP contribution in [0.2, 0.25) is 0 Å². The largest absolute Gasteiger partial charge is 0.339 e. The van der Waals surface area contributed by atoms with Gasteiger partial charge in [-0.05, 0) is 68.5 Å². The van der Waals surface area contributed by atoms with E-state index in [1.807, 2.05) is 35.2 Å². The van der Waals surface area contributed by atoms with Crippen molar-refractivity contribution in [2.24, 2.45) is 17.8 Å². The summed E-state index contributed by atoms with van der Waals surface area (Å²) in [5, 5.41) is 3.84. The molecule has 3 atom stereocenters. The molecule has 0 bridgehead atoms. The molecular formula is C21H30N2O. The molecule has 4 rings (SSSR count). The van der Waals surface area contributed by atoms with Crippen LogP contribution in [0, 0.1) is 17.8 Å². The summed E-state index contributed by atoms with van der Waals surface area (Å²) < 4.78 is 0. The van der Waals surface area contributed by atoms with E-state index in [0.717, 1.165) is 49.2 Å². The Kier molecular flexibility index (Phi) is 4.88. The van der Waals surface area contributed by atoms with Crippen LogP contribution in [0.4, 0.5) is 0 Å². The SMILES string of the molecule is O=C(c1ccccc1)N1CCC(NC[C@H]2CC[C@@H]3CCC[C@@H]32)CC1. The molecule has 3 fully saturated rings. The van der Waals surface area contributed by atoms with E-state index in [-0.39, 0.29) is 5.91 Å². The van der Waals surface area contributed by atoms with Gasteiger partial charge in [0.2, 0.25) is 0 Å². The van der Waals surface area contributed by atoms with Crippen LogP contribution >= 0.6 is 0 Å². The van der Waals surface area contributed by atoms with Crippen molar-refractivity contribution in [3.05, 3.63) is 35.9 Å². The summed E-state index contributed by atoms with van der Waals surface area (Å²) in [4.78, 5) is 14.5. The number of carbonyl (C=O) groups excluding carboxylic acids is 1. The zero-order valence-corrected chi connectivity index (χ0v) is 14.6. The number of nitrogens with one attached hydrogen (secondary N) is 1. The van der Waals surface area contributed by atoms with Gasteiger partial charge in [-0.15, -0.1) is 0 Å². The van der Waals surface area contributed by atoms with Crippen molar-refractivity contribution >= 4 is 5.91 Å². The van der Waals surface area contributed by atoms with Crippen LogP contribution < -0.4 is 5.32 Å². The number of amides is 1. The molecule has 1 amide bonds. The number of rotatable bonds is 4. The molecule has 0 radical (unpaired) electrons. The van der Waals surface area contributed by atoms with E-state index in [9.17, 15) is 4.79 Å². The number of fused-ring (bicyclic) bond motifs is 1. The normalized spacial score (nSPS) is 30.5. The van der Waals surface area contributed by atoms with Gasteiger partial charge in [-0.1, -0.05) is 31.0 Å². The second kappa shape index (κ2) is 7.26. The van der Waals surface area contributed by atoms with Crippen molar-refractivity contribution in [1.82, 2.24) is 10.2 Å². The van der Waals surface area contributed by atoms with Crippen LogP contribution in [0.25, 0.3) is 0 Å². The highest BCUT2D eigenvalue weighted by Crippen LogP contribution is 2.47. The zero-order chi connectivity index (χ0) is 16.4. The van der Waals surface area contributed by atoms with E-state index >= 15 is 0 Å². The first kappa shape index (κ1) is 16.1. The molecule has 0 aromatic heterocycles. The third kappa shape index (κ3) is 3.37. The fourth-order valence-corrected chi connectivity index (χ4v) is 5.31. The lowest BCUT2D eigenvalue weighted by atomic mass is 9.91. The van der Waals surface area contributed by atoms with Crippen molar-refractivity contribution in [2.75, 3.05) is 19.6 Å². The van der Waals surface area contributed by atoms with Crippen LogP contribution in [0.15, 0.2) is 30.3 Å². The number of benzene rings is 1. The maximum Gasteiger partial charge on any atom is 0.253 e. The third-order valence-corrected chi connectivity index (χ3v) is 6.70. The van der Waals surface area contributed by atoms with E-state index in [1.165, 1.54) is 38.6 Å². The van der Waals surface area contributed by atoms with Crippen molar-refractivity contribution in [3.8, 4) is 0 Å². The summed E-state index contributed by atoms with van der Waals surface area (Å²) in [6.45, 7) is 2.99. The first-order valence-electron chi connectivity index (χ1n) is 9.89. The lowest BCUT2D eigenvalue weighted by Crippen LogP contribution is -2.46. The van der Waals surface area contributed by atoms with Crippen molar-refractivity contribution in [3.63, 3.8) is 0 Å². The number of hydrogen-bond acceptors (Lipinski definition) is 2. The molecular weight excluding hydrogens is 296 g/mol. The molecule has 1 N–H and O–H groups in total. The molecule has 1 aromatic rings. The molecule has 24 heavy (non-hydrogen) atoms. The lowest BCUT2D eigenvalue weighted by molar-refractivity contribution is 0.0703. The molecule has 1 aliphatic heterocycles. The minimum absolute atomic E-state index is 0.193. The predicted molar refractivity (Wildman–Crippen MR) is 96.9 cm³/mol. The number of nitrogens with zero attached hydrogens (tertiary/aromatic N) is 1. The molecule has 1 heterocycles. The monoisotopic (exact) mass is 326 g/mol. The molecule has 1 aromatic carbocycles. The van der Waals surface area contributed by atoms with Crippen LogP contribution in [0.3, 0.4) is 0 Å². The standard InChI is InChI=1S/C21H30N2O/c24-21(17-5-2-1-3-6-17)23-13-11-19(12-14-23)22-15-18-10-9-16-7-4-8-20(16)18/h1-3,5-6,16,18-20,22H,4,7-15H2/t16-,18+,20-/m0/s1. The van der Waals surface area contributed by atoms with E-state index < -0.39 is 0 Å². The minimum Gasteiger partial charge on any atom is -0.339 e. The minimum atomic E-state index is 0.193. The van der Waals surface area contributed by atoms with Gasteiger partial charge in [0, 0.05) is 24.7 Å². The summed E-state index contributed by atoms with van der Waals surface area (Å²) in [7, 11) is 0. The molecule has 2 saturated carbocycles. The van der Waals surface area contributed by atoms with Crippen molar-refractivity contribution < 1.29 is 4.79 Å². The maximum atomic E-state index is 12.5. The topological polar surface area (TPSA) is 32.3 Å². The number of likely N-dealkylation sites (tertiary alicyclic amines) is 1. The molecule has 2 aliphatic carbocycles. The summed E-state index contributed by atoms with van der Waals surface area (Å²) in [6.07, 6.45) is 9.53. The van der Waals surface area contributed by atoms with E-state index in [1.54, 1.807) is 0 Å². The van der Waals surface area contributed by atoms with Gasteiger partial charge in [0.1, 0.15) is 0 Å². The Labute approximate surface area is 145 Å². The van der Waals surface area contributed by atoms with Gasteiger partial charge in [-0.3, -0.25) is 4.79 Å². The van der Waals surface area contributed by atoms with Crippen LogP contribution in [0.5, 0.6) is 0 Å². The van der Waals surface area contributed by atoms with Crippen molar-refractivity contribution in [1.29, 1.82) is 0 Å². The first-order chi connectivity index (χ1) is 11.8. The second-order valence-corrected chi connectivity index (χ2v) is 8.03. The van der Waals surface area contributed by atoms with Gasteiger partial charge >= 0.3 is 0 Å². The Hall–Kier alpha value is -1.35. The number of carbonyl (C=O) groups is 1. The van der Waals surface area contributed by atoms with Gasteiger partial charge < -0.3 is 10.2 Å². The lowest BCUT2D eigenvalue weighted by Gasteiger charge is -2.33. The molecule has 130 valence electrons. The highest BCUT2D eigenvalue weighted by atomic mass is 16.2. The molecule has 0 unspecified atom stereocenters. The zero-order valence-electron chi connectivity index (χ0n) is 14.6. The summed E-state index contributed by atoms with van der Waals surface area (Å²) in [6, 6.07) is 10.3. The smallest absolute Gasteiger partial charge is 0.253 e. The number of piperidine rings is 1. The molecule has 1 saturated heterocycles. The summed E-state index contributed by atoms with van der Waals surface area (Å²) in [5.41, 5.74) is 0.821. The average molecular weight is 326 g/mol. The Morgan fingerprint density at radius 1 is 1.00 bits per heavy atom. The van der Waals surface area contributed by atoms with E-state index in [4.69, 9.17) is 0 Å². The Morgan fingerprint density at radius 3 is 2.58 bits per heavy atom. The molecule has 3 aliphatic rings. The van der Waals surface area contributed by atoms with E-state index in [0.29, 0.717) is 6.04 Å². The fourth-order valence-electron chi connectivity index (χ4n) is 5.31. The van der Waals surface area contributed by atoms with Crippen molar-refractivity contribution in [2.45, 2.75) is 51.0 Å². The Bertz CT molecular complexity index is 550. The van der Waals surface area contributed by atoms with Gasteiger partial charge in [0.05, 0.1) is 0 Å². The quantitative estimate of drug-likeness (QED) is 0.915. The summed E-state index contributed by atoms with van der Waals surface area (Å²) >= 11 is 0. The third-order valence-electron chi connectivity index (χ3n) is 6.70. The predicted octanol–water partition coefficient (Wildman–Crippen LogP) is 3.71. The Balaban J connectivity index is 1.23. The summed E-state index contributed by atoms with van der Waals surface area (Å²) in [5.74, 6) is 3.17. The number of hydrogen-bond donors (Lipinski definition) is 1. The first-order valence-corrected chi connectivity index (χ1v) is 9.89. The fraction of sp³-hybridized carbons (Fsp3) is 0.667. The van der Waals surface area contributed by atoms with Crippen LogP contribution in [0.1, 0.15) is 55.3 Å². The molecule has 0 spiro atoms. The highest BCUT2D eigenvalue weighted by Gasteiger charge is 2.38. The molecule has 3 nitrogen and oxygen atoms in total. The van der Waals surface area contributed by atoms with Gasteiger partial charge in [0.25, 0.3) is 5.91 Å².